The highest BCUT2D eigenvalue weighted by molar-refractivity contribution is 9.10. The number of rotatable bonds is 5. The fourth-order valence-corrected chi connectivity index (χ4v) is 1.10. The number of hydrogen-bond donors (Lipinski definition) is 0. The van der Waals surface area contributed by atoms with Crippen molar-refractivity contribution in [3.05, 3.63) is 12.7 Å². The topological polar surface area (TPSA) is 43.4 Å². The van der Waals surface area contributed by atoms with Crippen molar-refractivity contribution in [1.29, 1.82) is 0 Å². The molecule has 0 rings (SSSR count). The molecule has 0 fully saturated rings. The predicted octanol–water partition coefficient (Wildman–Crippen LogP) is 1.85. The number of esters is 1. The zero-order valence-electron chi connectivity index (χ0n) is 7.75. The molecule has 0 amide bonds. The molecule has 3 nitrogen and oxygen atoms in total. The number of Topliss-reactive ketones (excluding diaryl/α,β-unsaturated/α-hetero) is 1. The fourth-order valence-electron chi connectivity index (χ4n) is 0.653. The van der Waals surface area contributed by atoms with Gasteiger partial charge in [0, 0.05) is 0 Å². The van der Waals surface area contributed by atoms with E-state index >= 15 is 0 Å². The summed E-state index contributed by atoms with van der Waals surface area (Å²) >= 11 is 3.07. The van der Waals surface area contributed by atoms with E-state index in [2.05, 4.69) is 22.5 Å². The van der Waals surface area contributed by atoms with Gasteiger partial charge in [0.1, 0.15) is 0 Å². The van der Waals surface area contributed by atoms with Gasteiger partial charge in [-0.05, 0) is 20.3 Å². The van der Waals surface area contributed by atoms with Crippen LogP contribution in [0.25, 0.3) is 0 Å². The lowest BCUT2D eigenvalue weighted by atomic mass is 10.2. The Kier molecular flexibility index (Phi) is 5.62. The summed E-state index contributed by atoms with van der Waals surface area (Å²) in [5.74, 6) is -1.35. The van der Waals surface area contributed by atoms with Crippen molar-refractivity contribution >= 4 is 27.7 Å². The lowest BCUT2D eigenvalue weighted by molar-refractivity contribution is -0.156. The van der Waals surface area contributed by atoms with Gasteiger partial charge >= 0.3 is 5.97 Å². The highest BCUT2D eigenvalue weighted by Crippen LogP contribution is 2.08. The van der Waals surface area contributed by atoms with E-state index in [0.717, 1.165) is 0 Å². The molecule has 74 valence electrons. The maximum atomic E-state index is 11.2. The molecule has 0 aliphatic rings. The third-order valence-corrected chi connectivity index (χ3v) is 1.99. The van der Waals surface area contributed by atoms with Crippen LogP contribution in [-0.4, -0.2) is 22.7 Å². The molecular formula is C9H13BrO3. The highest BCUT2D eigenvalue weighted by Gasteiger charge is 2.23. The molecule has 0 heterocycles. The molecule has 0 saturated heterocycles. The van der Waals surface area contributed by atoms with Crippen LogP contribution in [0.3, 0.4) is 0 Å². The molecule has 0 aliphatic carbocycles. The first-order chi connectivity index (χ1) is 5.99. The number of carbonyl (C=O) groups is 2. The van der Waals surface area contributed by atoms with E-state index in [1.807, 2.05) is 0 Å². The molecule has 0 radical (unpaired) electrons. The first kappa shape index (κ1) is 12.4. The quantitative estimate of drug-likeness (QED) is 0.323. The average molecular weight is 249 g/mol. The van der Waals surface area contributed by atoms with Crippen LogP contribution in [0.4, 0.5) is 0 Å². The number of allylic oxidation sites excluding steroid dienone is 1. The normalized spacial score (nSPS) is 12.3. The summed E-state index contributed by atoms with van der Waals surface area (Å²) in [7, 11) is 0. The maximum Gasteiger partial charge on any atom is 0.376 e. The monoisotopic (exact) mass is 248 g/mol. The van der Waals surface area contributed by atoms with E-state index in [0.29, 0.717) is 6.42 Å². The van der Waals surface area contributed by atoms with Crippen LogP contribution in [0, 0.1) is 0 Å². The highest BCUT2D eigenvalue weighted by atomic mass is 79.9. The van der Waals surface area contributed by atoms with Crippen molar-refractivity contribution in [3.63, 3.8) is 0 Å². The molecule has 0 bridgehead atoms. The summed E-state index contributed by atoms with van der Waals surface area (Å²) in [4.78, 5) is 21.7. The van der Waals surface area contributed by atoms with Gasteiger partial charge in [0.2, 0.25) is 0 Å². The Bertz CT molecular complexity index is 211. The first-order valence-electron chi connectivity index (χ1n) is 3.98. The summed E-state index contributed by atoms with van der Waals surface area (Å²) in [6, 6.07) is 0. The number of carbonyl (C=O) groups excluding carboxylic acids is 2. The molecule has 4 heteroatoms. The Hall–Kier alpha value is -0.640. The zero-order valence-corrected chi connectivity index (χ0v) is 9.33. The standard InChI is InChI=1S/C9H13BrO3/c1-4-5-7(10)8(11)9(12)13-6(2)3/h4,6-7H,1,5H2,2-3H3. The summed E-state index contributed by atoms with van der Waals surface area (Å²) < 4.78 is 4.73. The summed E-state index contributed by atoms with van der Waals surface area (Å²) in [5, 5.41) is 0. The predicted molar refractivity (Wildman–Crippen MR) is 53.8 cm³/mol. The molecule has 0 aliphatic heterocycles. The van der Waals surface area contributed by atoms with Gasteiger partial charge in [-0.15, -0.1) is 6.58 Å². The van der Waals surface area contributed by atoms with Gasteiger partial charge in [-0.25, -0.2) is 4.79 Å². The molecule has 0 spiro atoms. The molecule has 0 saturated carbocycles. The molecule has 1 atom stereocenters. The molecule has 0 aromatic heterocycles. The van der Waals surface area contributed by atoms with Gasteiger partial charge in [0.15, 0.2) is 0 Å². The van der Waals surface area contributed by atoms with E-state index in [4.69, 9.17) is 4.74 Å². The number of ketones is 1. The van der Waals surface area contributed by atoms with E-state index < -0.39 is 16.6 Å². The molecular weight excluding hydrogens is 236 g/mol. The Morgan fingerprint density at radius 1 is 1.54 bits per heavy atom. The van der Waals surface area contributed by atoms with Crippen molar-refractivity contribution < 1.29 is 14.3 Å². The van der Waals surface area contributed by atoms with Gasteiger partial charge in [-0.1, -0.05) is 22.0 Å². The van der Waals surface area contributed by atoms with Crippen LogP contribution in [0.15, 0.2) is 12.7 Å². The molecule has 1 unspecified atom stereocenters. The minimum Gasteiger partial charge on any atom is -0.457 e. The second-order valence-electron chi connectivity index (χ2n) is 2.81. The van der Waals surface area contributed by atoms with Gasteiger partial charge in [-0.3, -0.25) is 4.79 Å². The molecule has 0 N–H and O–H groups in total. The Balaban J connectivity index is 4.09. The average Bonchev–Trinajstić information content (AvgIpc) is 2.02. The molecule has 0 aromatic carbocycles. The van der Waals surface area contributed by atoms with Crippen LogP contribution in [0.5, 0.6) is 0 Å². The van der Waals surface area contributed by atoms with E-state index in [9.17, 15) is 9.59 Å². The maximum absolute atomic E-state index is 11.2. The molecule has 0 aromatic rings. The van der Waals surface area contributed by atoms with Crippen LogP contribution < -0.4 is 0 Å². The zero-order chi connectivity index (χ0) is 10.4. The second-order valence-corrected chi connectivity index (χ2v) is 3.92. The number of ether oxygens (including phenoxy) is 1. The van der Waals surface area contributed by atoms with Crippen molar-refractivity contribution in [2.75, 3.05) is 0 Å². The lowest BCUT2D eigenvalue weighted by Crippen LogP contribution is -2.27. The van der Waals surface area contributed by atoms with Crippen LogP contribution in [0.1, 0.15) is 20.3 Å². The van der Waals surface area contributed by atoms with Crippen LogP contribution in [-0.2, 0) is 14.3 Å². The third-order valence-electron chi connectivity index (χ3n) is 1.20. The number of hydrogen-bond acceptors (Lipinski definition) is 3. The second kappa shape index (κ2) is 5.91. The van der Waals surface area contributed by atoms with Gasteiger partial charge in [0.25, 0.3) is 5.78 Å². The smallest absolute Gasteiger partial charge is 0.376 e. The minimum absolute atomic E-state index is 0.264. The Labute approximate surface area is 86.3 Å². The van der Waals surface area contributed by atoms with Crippen LogP contribution >= 0.6 is 15.9 Å². The molecule has 13 heavy (non-hydrogen) atoms. The van der Waals surface area contributed by atoms with Gasteiger partial charge in [0.05, 0.1) is 10.9 Å². The van der Waals surface area contributed by atoms with Crippen molar-refractivity contribution in [3.8, 4) is 0 Å². The largest absolute Gasteiger partial charge is 0.457 e. The van der Waals surface area contributed by atoms with Gasteiger partial charge < -0.3 is 4.74 Å². The summed E-state index contributed by atoms with van der Waals surface area (Å²) in [5.41, 5.74) is 0. The fraction of sp³-hybridized carbons (Fsp3) is 0.556. The third kappa shape index (κ3) is 4.83. The summed E-state index contributed by atoms with van der Waals surface area (Å²) in [6.07, 6.45) is 1.73. The number of halogens is 1. The Morgan fingerprint density at radius 2 is 2.08 bits per heavy atom. The number of alkyl halides is 1. The van der Waals surface area contributed by atoms with Gasteiger partial charge in [-0.2, -0.15) is 0 Å². The SMILES string of the molecule is C=CCC(Br)C(=O)C(=O)OC(C)C. The van der Waals surface area contributed by atoms with E-state index in [1.54, 1.807) is 19.9 Å². The van der Waals surface area contributed by atoms with Crippen LogP contribution in [0.2, 0.25) is 0 Å². The van der Waals surface area contributed by atoms with Crippen molar-refractivity contribution in [1.82, 2.24) is 0 Å². The van der Waals surface area contributed by atoms with E-state index in [-0.39, 0.29) is 6.10 Å². The van der Waals surface area contributed by atoms with Crippen molar-refractivity contribution in [2.45, 2.75) is 31.2 Å². The van der Waals surface area contributed by atoms with E-state index in [1.165, 1.54) is 0 Å². The first-order valence-corrected chi connectivity index (χ1v) is 4.90. The van der Waals surface area contributed by atoms with Crippen molar-refractivity contribution in [2.24, 2.45) is 0 Å². The summed E-state index contributed by atoms with van der Waals surface area (Å²) in [6.45, 7) is 6.86. The lowest BCUT2D eigenvalue weighted by Gasteiger charge is -2.08. The Morgan fingerprint density at radius 3 is 2.46 bits per heavy atom. The minimum atomic E-state index is -0.793.